The Bertz CT molecular complexity index is 694. The van der Waals surface area contributed by atoms with Crippen molar-refractivity contribution in [2.75, 3.05) is 13.4 Å². The van der Waals surface area contributed by atoms with Crippen molar-refractivity contribution >= 4 is 17.7 Å². The van der Waals surface area contributed by atoms with Crippen molar-refractivity contribution in [1.82, 2.24) is 4.98 Å². The number of methoxy groups -OCH3 is 1. The molecule has 23 heavy (non-hydrogen) atoms. The summed E-state index contributed by atoms with van der Waals surface area (Å²) in [6.45, 7) is 0. The molecule has 115 valence electrons. The van der Waals surface area contributed by atoms with Crippen LogP contribution in [0.3, 0.4) is 0 Å². The number of carbonyl (C=O) groups excluding carboxylic acids is 1. The minimum Gasteiger partial charge on any atom is -0.465 e. The molecule has 4 heteroatoms. The van der Waals surface area contributed by atoms with E-state index in [4.69, 9.17) is 4.74 Å². The molecule has 5 radical (unpaired) electrons. The highest BCUT2D eigenvalue weighted by Gasteiger charge is 2.27. The maximum Gasteiger partial charge on any atom is 0.339 e. The van der Waals surface area contributed by atoms with Crippen LogP contribution in [0.15, 0.2) is 41.6 Å². The second kappa shape index (κ2) is 7.18. The van der Waals surface area contributed by atoms with Crippen LogP contribution in [0.25, 0.3) is 11.1 Å². The summed E-state index contributed by atoms with van der Waals surface area (Å²) in [5, 5.41) is 0. The van der Waals surface area contributed by atoms with Crippen LogP contribution < -0.4 is 0 Å². The Morgan fingerprint density at radius 1 is 1.17 bits per heavy atom. The first-order chi connectivity index (χ1) is 11.2. The molecule has 1 heterocycles. The third-order valence-corrected chi connectivity index (χ3v) is 4.44. The number of ether oxygens (including phenoxy) is 1. The van der Waals surface area contributed by atoms with Crippen molar-refractivity contribution in [2.24, 2.45) is 0 Å². The van der Waals surface area contributed by atoms with Crippen LogP contribution in [0.4, 0.5) is 0 Å². The summed E-state index contributed by atoms with van der Waals surface area (Å²) in [6, 6.07) is 7.96. The smallest absolute Gasteiger partial charge is 0.339 e. The fourth-order valence-electron chi connectivity index (χ4n) is 2.57. The van der Waals surface area contributed by atoms with E-state index in [1.165, 1.54) is 18.9 Å². The Hall–Kier alpha value is -1.81. The Labute approximate surface area is 141 Å². The predicted molar refractivity (Wildman–Crippen MR) is 92.3 cm³/mol. The summed E-state index contributed by atoms with van der Waals surface area (Å²) in [6.07, 6.45) is 13.5. The van der Waals surface area contributed by atoms with Crippen molar-refractivity contribution in [3.05, 3.63) is 79.4 Å². The number of benzene rings is 1. The highest BCUT2D eigenvalue weighted by molar-refractivity contribution is 7.98. The molecule has 3 nitrogen and oxygen atoms in total. The van der Waals surface area contributed by atoms with E-state index in [0.29, 0.717) is 5.56 Å². The zero-order chi connectivity index (χ0) is 16.2. The standard InChI is InChI=1S/C19H16NO2S/c1-22-19(21)18-16(13-6-3-4-7-13)10-15(11-17(18)23-2)14-8-5-9-20-12-14/h3-12H,1-2H3. The van der Waals surface area contributed by atoms with E-state index in [-0.39, 0.29) is 5.97 Å². The van der Waals surface area contributed by atoms with E-state index >= 15 is 0 Å². The van der Waals surface area contributed by atoms with Crippen molar-refractivity contribution in [1.29, 1.82) is 0 Å². The summed E-state index contributed by atoms with van der Waals surface area (Å²) in [5.41, 5.74) is 3.55. The molecule has 0 aliphatic heterocycles. The van der Waals surface area contributed by atoms with Gasteiger partial charge in [-0.15, -0.1) is 11.8 Å². The SMILES string of the molecule is COC(=O)c1c(SC)cc(-c2cccnc2)cc1[C]1[CH][CH][CH][CH]1. The second-order valence-electron chi connectivity index (χ2n) is 5.01. The van der Waals surface area contributed by atoms with Crippen molar-refractivity contribution < 1.29 is 9.53 Å². The average molecular weight is 322 g/mol. The molecule has 0 N–H and O–H groups in total. The molecule has 1 aliphatic rings. The monoisotopic (exact) mass is 322 g/mol. The lowest BCUT2D eigenvalue weighted by molar-refractivity contribution is 0.0596. The molecular weight excluding hydrogens is 306 g/mol. The van der Waals surface area contributed by atoms with Gasteiger partial charge in [0.25, 0.3) is 0 Å². The molecular formula is C19H16NO2S. The largest absolute Gasteiger partial charge is 0.465 e. The Balaban J connectivity index is 2.17. The Morgan fingerprint density at radius 3 is 2.57 bits per heavy atom. The normalized spacial score (nSPS) is 14.9. The van der Waals surface area contributed by atoms with E-state index in [2.05, 4.69) is 4.98 Å². The number of pyridine rings is 1. The highest BCUT2D eigenvalue weighted by Crippen LogP contribution is 2.39. The van der Waals surface area contributed by atoms with Gasteiger partial charge in [0, 0.05) is 28.8 Å². The number of carbonyl (C=O) groups is 1. The van der Waals surface area contributed by atoms with Gasteiger partial charge < -0.3 is 4.74 Å². The predicted octanol–water partition coefficient (Wildman–Crippen LogP) is 4.01. The van der Waals surface area contributed by atoms with Gasteiger partial charge in [0.2, 0.25) is 0 Å². The van der Waals surface area contributed by atoms with E-state index in [1.54, 1.807) is 6.20 Å². The number of esters is 1. The number of nitrogens with zero attached hydrogens (tertiary/aromatic N) is 1. The van der Waals surface area contributed by atoms with Crippen LogP contribution in [0.5, 0.6) is 0 Å². The summed E-state index contributed by atoms with van der Waals surface area (Å²) in [4.78, 5) is 17.4. The fraction of sp³-hybridized carbons (Fsp3) is 0.105. The molecule has 0 bridgehead atoms. The molecule has 1 aliphatic carbocycles. The van der Waals surface area contributed by atoms with Gasteiger partial charge >= 0.3 is 5.97 Å². The van der Waals surface area contributed by atoms with Crippen molar-refractivity contribution in [2.45, 2.75) is 4.90 Å². The summed E-state index contributed by atoms with van der Waals surface area (Å²) >= 11 is 1.54. The number of hydrogen-bond acceptors (Lipinski definition) is 4. The zero-order valence-electron chi connectivity index (χ0n) is 12.9. The van der Waals surface area contributed by atoms with Gasteiger partial charge in [0.15, 0.2) is 0 Å². The van der Waals surface area contributed by atoms with Gasteiger partial charge in [-0.25, -0.2) is 4.79 Å². The lowest BCUT2D eigenvalue weighted by Gasteiger charge is -2.18. The van der Waals surface area contributed by atoms with Gasteiger partial charge in [-0.3, -0.25) is 4.98 Å². The molecule has 0 spiro atoms. The minimum absolute atomic E-state index is 0.316. The number of rotatable bonds is 4. The first-order valence-electron chi connectivity index (χ1n) is 7.17. The molecule has 1 aromatic carbocycles. The minimum atomic E-state index is -0.316. The maximum absolute atomic E-state index is 12.3. The third kappa shape index (κ3) is 3.27. The quantitative estimate of drug-likeness (QED) is 0.630. The lowest BCUT2D eigenvalue weighted by Crippen LogP contribution is -2.11. The molecule has 0 atom stereocenters. The van der Waals surface area contributed by atoms with Gasteiger partial charge in [-0.2, -0.15) is 0 Å². The maximum atomic E-state index is 12.3. The average Bonchev–Trinajstić information content (AvgIpc) is 3.15. The summed E-state index contributed by atoms with van der Waals surface area (Å²) < 4.78 is 5.00. The van der Waals surface area contributed by atoms with Crippen LogP contribution in [0.2, 0.25) is 0 Å². The summed E-state index contributed by atoms with van der Waals surface area (Å²) in [7, 11) is 1.41. The van der Waals surface area contributed by atoms with E-state index in [1.807, 2.05) is 62.4 Å². The first-order valence-corrected chi connectivity index (χ1v) is 8.40. The third-order valence-electron chi connectivity index (χ3n) is 3.68. The van der Waals surface area contributed by atoms with Crippen molar-refractivity contribution in [3.63, 3.8) is 0 Å². The highest BCUT2D eigenvalue weighted by atomic mass is 32.2. The van der Waals surface area contributed by atoms with Gasteiger partial charge in [0.1, 0.15) is 0 Å². The zero-order valence-corrected chi connectivity index (χ0v) is 13.8. The molecule has 1 aromatic heterocycles. The molecule has 1 saturated carbocycles. The molecule has 2 aromatic rings. The second-order valence-corrected chi connectivity index (χ2v) is 5.86. The van der Waals surface area contributed by atoms with E-state index < -0.39 is 0 Å². The van der Waals surface area contributed by atoms with Gasteiger partial charge in [-0.1, -0.05) is 6.07 Å². The Morgan fingerprint density at radius 2 is 1.96 bits per heavy atom. The van der Waals surface area contributed by atoms with Crippen LogP contribution in [-0.4, -0.2) is 24.3 Å². The molecule has 3 rings (SSSR count). The Kier molecular flexibility index (Phi) is 5.01. The van der Waals surface area contributed by atoms with Gasteiger partial charge in [-0.05, 0) is 61.3 Å². The fourth-order valence-corrected chi connectivity index (χ4v) is 3.21. The van der Waals surface area contributed by atoms with Crippen LogP contribution in [-0.2, 0) is 4.74 Å². The van der Waals surface area contributed by atoms with Crippen molar-refractivity contribution in [3.8, 4) is 11.1 Å². The summed E-state index contributed by atoms with van der Waals surface area (Å²) in [5.74, 6) is 0.690. The number of aromatic nitrogens is 1. The van der Waals surface area contributed by atoms with Crippen LogP contribution >= 0.6 is 11.8 Å². The van der Waals surface area contributed by atoms with E-state index in [0.717, 1.165) is 27.5 Å². The van der Waals surface area contributed by atoms with E-state index in [9.17, 15) is 4.79 Å². The molecule has 1 fully saturated rings. The van der Waals surface area contributed by atoms with Crippen LogP contribution in [0, 0.1) is 31.6 Å². The number of hydrogen-bond donors (Lipinski definition) is 0. The van der Waals surface area contributed by atoms with Gasteiger partial charge in [0.05, 0.1) is 12.7 Å². The molecule has 0 amide bonds. The topological polar surface area (TPSA) is 39.2 Å². The molecule has 0 saturated heterocycles. The van der Waals surface area contributed by atoms with Crippen LogP contribution in [0.1, 0.15) is 15.9 Å². The first kappa shape index (κ1) is 16.1. The number of thioether (sulfide) groups is 1. The lowest BCUT2D eigenvalue weighted by atomic mass is 9.90. The molecule has 0 unspecified atom stereocenters.